The maximum Gasteiger partial charge on any atom is 0.269 e. The lowest BCUT2D eigenvalue weighted by molar-refractivity contribution is -0.114. The highest BCUT2D eigenvalue weighted by Crippen LogP contribution is 2.19. The fourth-order valence-corrected chi connectivity index (χ4v) is 2.89. The van der Waals surface area contributed by atoms with Crippen molar-refractivity contribution in [3.05, 3.63) is 48.3 Å². The summed E-state index contributed by atoms with van der Waals surface area (Å²) >= 11 is 0. The summed E-state index contributed by atoms with van der Waals surface area (Å²) in [6.45, 7) is 6.15. The number of amides is 2. The smallest absolute Gasteiger partial charge is 0.269 e. The van der Waals surface area contributed by atoms with E-state index in [-0.39, 0.29) is 11.8 Å². The molecule has 0 aliphatic carbocycles. The van der Waals surface area contributed by atoms with Gasteiger partial charge in [0.1, 0.15) is 5.69 Å². The molecule has 0 atom stereocenters. The zero-order valence-electron chi connectivity index (χ0n) is 15.9. The zero-order chi connectivity index (χ0) is 19.8. The van der Waals surface area contributed by atoms with Crippen molar-refractivity contribution in [2.75, 3.05) is 50.0 Å². The summed E-state index contributed by atoms with van der Waals surface area (Å²) in [5, 5.41) is 8.84. The Kier molecular flexibility index (Phi) is 6.94. The third-order valence-corrected chi connectivity index (χ3v) is 4.29. The van der Waals surface area contributed by atoms with Gasteiger partial charge < -0.3 is 20.7 Å². The second-order valence-corrected chi connectivity index (χ2v) is 6.53. The fraction of sp³-hybridized carbons (Fsp3) is 0.350. The normalized spacial score (nSPS) is 14.3. The molecule has 0 saturated carbocycles. The number of rotatable bonds is 7. The number of ether oxygens (including phenoxy) is 1. The van der Waals surface area contributed by atoms with E-state index in [9.17, 15) is 9.59 Å². The topological polar surface area (TPSA) is 95.6 Å². The molecule has 0 bridgehead atoms. The van der Waals surface area contributed by atoms with Crippen molar-refractivity contribution in [3.8, 4) is 0 Å². The molecule has 28 heavy (non-hydrogen) atoms. The number of nitrogens with zero attached hydrogens (tertiary/aromatic N) is 2. The molecule has 1 saturated heterocycles. The Bertz CT molecular complexity index is 804. The number of hydrogen-bond donors (Lipinski definition) is 3. The van der Waals surface area contributed by atoms with Crippen LogP contribution >= 0.6 is 0 Å². The standard InChI is InChI=1S/C20H25N5O3/c1-15(26)23-16-3-2-4-17(13-16)24-18-5-6-19(22-14-18)20(27)21-7-8-25-9-11-28-12-10-25/h2-6,13-14,24H,7-12H2,1H3,(H,21,27)(H,23,26). The maximum atomic E-state index is 12.2. The van der Waals surface area contributed by atoms with E-state index in [0.29, 0.717) is 17.9 Å². The van der Waals surface area contributed by atoms with E-state index >= 15 is 0 Å². The van der Waals surface area contributed by atoms with Crippen molar-refractivity contribution in [3.63, 3.8) is 0 Å². The molecule has 3 rings (SSSR count). The second kappa shape index (κ2) is 9.82. The van der Waals surface area contributed by atoms with Crippen molar-refractivity contribution in [1.29, 1.82) is 0 Å². The quantitative estimate of drug-likeness (QED) is 0.675. The van der Waals surface area contributed by atoms with Crippen LogP contribution in [0.4, 0.5) is 17.1 Å². The number of morpholine rings is 1. The van der Waals surface area contributed by atoms with Gasteiger partial charge in [-0.3, -0.25) is 14.5 Å². The lowest BCUT2D eigenvalue weighted by Gasteiger charge is -2.26. The molecule has 8 nitrogen and oxygen atoms in total. The molecule has 0 unspecified atom stereocenters. The van der Waals surface area contributed by atoms with Crippen molar-refractivity contribution >= 4 is 28.9 Å². The molecule has 1 aliphatic heterocycles. The van der Waals surface area contributed by atoms with Crippen LogP contribution in [0.15, 0.2) is 42.6 Å². The van der Waals surface area contributed by atoms with E-state index in [0.717, 1.165) is 44.2 Å². The summed E-state index contributed by atoms with van der Waals surface area (Å²) in [5.74, 6) is -0.310. The lowest BCUT2D eigenvalue weighted by atomic mass is 10.2. The number of carbonyl (C=O) groups is 2. The zero-order valence-corrected chi connectivity index (χ0v) is 15.9. The molecular weight excluding hydrogens is 358 g/mol. The Morgan fingerprint density at radius 2 is 1.89 bits per heavy atom. The second-order valence-electron chi connectivity index (χ2n) is 6.53. The summed E-state index contributed by atoms with van der Waals surface area (Å²) in [7, 11) is 0. The monoisotopic (exact) mass is 383 g/mol. The van der Waals surface area contributed by atoms with Crippen LogP contribution in [-0.2, 0) is 9.53 Å². The number of hydrogen-bond acceptors (Lipinski definition) is 6. The first-order chi connectivity index (χ1) is 13.6. The first kappa shape index (κ1) is 19.8. The molecule has 8 heteroatoms. The number of anilines is 3. The number of carbonyl (C=O) groups excluding carboxylic acids is 2. The Labute approximate surface area is 164 Å². The molecule has 0 spiro atoms. The lowest BCUT2D eigenvalue weighted by Crippen LogP contribution is -2.41. The molecule has 1 fully saturated rings. The molecule has 1 aromatic heterocycles. The summed E-state index contributed by atoms with van der Waals surface area (Å²) in [5.41, 5.74) is 2.65. The Morgan fingerprint density at radius 3 is 2.61 bits per heavy atom. The van der Waals surface area contributed by atoms with Gasteiger partial charge in [-0.2, -0.15) is 0 Å². The minimum absolute atomic E-state index is 0.122. The number of benzene rings is 1. The van der Waals surface area contributed by atoms with Gasteiger partial charge in [0.25, 0.3) is 5.91 Å². The number of nitrogens with one attached hydrogen (secondary N) is 3. The van der Waals surface area contributed by atoms with Gasteiger partial charge in [-0.05, 0) is 30.3 Å². The Hall–Kier alpha value is -2.97. The highest BCUT2D eigenvalue weighted by molar-refractivity contribution is 5.92. The van der Waals surface area contributed by atoms with Crippen molar-refractivity contribution in [2.45, 2.75) is 6.92 Å². The number of pyridine rings is 1. The minimum Gasteiger partial charge on any atom is -0.379 e. The number of aromatic nitrogens is 1. The van der Waals surface area contributed by atoms with Gasteiger partial charge in [-0.1, -0.05) is 6.07 Å². The minimum atomic E-state index is -0.188. The van der Waals surface area contributed by atoms with E-state index in [1.807, 2.05) is 24.3 Å². The van der Waals surface area contributed by atoms with Crippen LogP contribution in [0, 0.1) is 0 Å². The van der Waals surface area contributed by atoms with E-state index in [4.69, 9.17) is 4.74 Å². The molecule has 2 heterocycles. The summed E-state index contributed by atoms with van der Waals surface area (Å²) in [6, 6.07) is 10.9. The maximum absolute atomic E-state index is 12.2. The molecule has 2 aromatic rings. The molecule has 2 amide bonds. The average molecular weight is 383 g/mol. The molecule has 0 radical (unpaired) electrons. The summed E-state index contributed by atoms with van der Waals surface area (Å²) in [4.78, 5) is 29.9. The summed E-state index contributed by atoms with van der Waals surface area (Å²) in [6.07, 6.45) is 1.61. The third-order valence-electron chi connectivity index (χ3n) is 4.29. The summed E-state index contributed by atoms with van der Waals surface area (Å²) < 4.78 is 5.31. The van der Waals surface area contributed by atoms with Gasteiger partial charge in [-0.25, -0.2) is 4.98 Å². The van der Waals surface area contributed by atoms with Gasteiger partial charge in [0.15, 0.2) is 0 Å². The first-order valence-electron chi connectivity index (χ1n) is 9.29. The molecule has 3 N–H and O–H groups in total. The van der Waals surface area contributed by atoms with Crippen molar-refractivity contribution < 1.29 is 14.3 Å². The van der Waals surface area contributed by atoms with E-state index < -0.39 is 0 Å². The van der Waals surface area contributed by atoms with Crippen LogP contribution in [0.3, 0.4) is 0 Å². The van der Waals surface area contributed by atoms with Crippen LogP contribution in [-0.4, -0.2) is 61.1 Å². The Morgan fingerprint density at radius 1 is 1.11 bits per heavy atom. The van der Waals surface area contributed by atoms with E-state index in [1.165, 1.54) is 6.92 Å². The van der Waals surface area contributed by atoms with Crippen LogP contribution in [0.5, 0.6) is 0 Å². The van der Waals surface area contributed by atoms with Gasteiger partial charge in [-0.15, -0.1) is 0 Å². The van der Waals surface area contributed by atoms with Gasteiger partial charge in [0.2, 0.25) is 5.91 Å². The third kappa shape index (κ3) is 6.04. The van der Waals surface area contributed by atoms with Crippen LogP contribution in [0.25, 0.3) is 0 Å². The van der Waals surface area contributed by atoms with Crippen LogP contribution in [0.2, 0.25) is 0 Å². The van der Waals surface area contributed by atoms with Crippen LogP contribution < -0.4 is 16.0 Å². The van der Waals surface area contributed by atoms with E-state index in [1.54, 1.807) is 18.3 Å². The van der Waals surface area contributed by atoms with Crippen molar-refractivity contribution in [2.24, 2.45) is 0 Å². The molecular formula is C20H25N5O3. The van der Waals surface area contributed by atoms with Gasteiger partial charge in [0, 0.05) is 44.5 Å². The largest absolute Gasteiger partial charge is 0.379 e. The Balaban J connectivity index is 1.50. The fourth-order valence-electron chi connectivity index (χ4n) is 2.89. The predicted octanol–water partition coefficient (Wildman–Crippen LogP) is 1.85. The highest BCUT2D eigenvalue weighted by atomic mass is 16.5. The van der Waals surface area contributed by atoms with Gasteiger partial charge >= 0.3 is 0 Å². The van der Waals surface area contributed by atoms with Crippen molar-refractivity contribution in [1.82, 2.24) is 15.2 Å². The highest BCUT2D eigenvalue weighted by Gasteiger charge is 2.11. The van der Waals surface area contributed by atoms with E-state index in [2.05, 4.69) is 25.8 Å². The van der Waals surface area contributed by atoms with Gasteiger partial charge in [0.05, 0.1) is 25.1 Å². The predicted molar refractivity (Wildman–Crippen MR) is 108 cm³/mol. The van der Waals surface area contributed by atoms with Crippen LogP contribution in [0.1, 0.15) is 17.4 Å². The average Bonchev–Trinajstić information content (AvgIpc) is 2.69. The first-order valence-corrected chi connectivity index (χ1v) is 9.29. The molecule has 1 aliphatic rings. The molecule has 148 valence electrons. The SMILES string of the molecule is CC(=O)Nc1cccc(Nc2ccc(C(=O)NCCN3CCOCC3)nc2)c1. The molecule has 1 aromatic carbocycles.